The van der Waals surface area contributed by atoms with E-state index in [9.17, 15) is 8.42 Å². The molecule has 0 spiro atoms. The summed E-state index contributed by atoms with van der Waals surface area (Å²) in [6, 6.07) is 23.6. The molecule has 0 fully saturated rings. The Balaban J connectivity index is 1.77. The van der Waals surface area contributed by atoms with Gasteiger partial charge in [-0.25, -0.2) is 0 Å². The van der Waals surface area contributed by atoms with E-state index in [1.165, 1.54) is 12.1 Å². The number of para-hydroxylation sites is 1. The van der Waals surface area contributed by atoms with Crippen molar-refractivity contribution in [3.8, 4) is 5.75 Å². The van der Waals surface area contributed by atoms with Gasteiger partial charge in [0.2, 0.25) is 0 Å². The number of nitrogens with one attached hydrogen (secondary N) is 1. The second-order valence-electron chi connectivity index (χ2n) is 5.76. The van der Waals surface area contributed by atoms with E-state index in [-0.39, 0.29) is 4.90 Å². The van der Waals surface area contributed by atoms with Gasteiger partial charge in [0.1, 0.15) is 0 Å². The molecule has 0 aromatic heterocycles. The van der Waals surface area contributed by atoms with Crippen molar-refractivity contribution in [3.05, 3.63) is 90.0 Å². The summed E-state index contributed by atoms with van der Waals surface area (Å²) < 4.78 is 29.5. The van der Waals surface area contributed by atoms with Crippen molar-refractivity contribution < 1.29 is 28.5 Å². The van der Waals surface area contributed by atoms with Crippen molar-refractivity contribution in [1.29, 1.82) is 0 Å². The van der Waals surface area contributed by atoms with E-state index >= 15 is 0 Å². The fourth-order valence-electron chi connectivity index (χ4n) is 2.44. The maximum atomic E-state index is 11.5. The van der Waals surface area contributed by atoms with E-state index in [4.69, 9.17) is 9.88 Å². The summed E-state index contributed by atoms with van der Waals surface area (Å²) in [6.07, 6.45) is 0. The van der Waals surface area contributed by atoms with E-state index < -0.39 is 10.0 Å². The molecule has 7 heteroatoms. The molecule has 27 heavy (non-hydrogen) atoms. The van der Waals surface area contributed by atoms with Gasteiger partial charge in [0.05, 0.1) is 0 Å². The van der Waals surface area contributed by atoms with Crippen LogP contribution in [0.2, 0.25) is 0 Å². The second kappa shape index (κ2) is 8.49. The van der Waals surface area contributed by atoms with E-state index in [0.717, 1.165) is 11.1 Å². The molecule has 0 aliphatic heterocycles. The molecule has 3 N–H and O–H groups in total. The molecular formula is C20H18CoN2O3S. The van der Waals surface area contributed by atoms with Crippen LogP contribution in [0.5, 0.6) is 5.75 Å². The first-order valence-corrected chi connectivity index (χ1v) is 10.2. The second-order valence-corrected chi connectivity index (χ2v) is 7.84. The Kier molecular flexibility index (Phi) is 6.07. The molecule has 3 aromatic carbocycles. The number of anilines is 1. The number of nitrogens with two attached hydrogens (primary N) is 1. The Bertz CT molecular complexity index is 1050. The Labute approximate surface area is 166 Å². The fraction of sp³-hybridized carbons (Fsp3) is 0.0500. The van der Waals surface area contributed by atoms with E-state index in [1.807, 2.05) is 54.6 Å². The van der Waals surface area contributed by atoms with Gasteiger partial charge in [0.25, 0.3) is 0 Å². The van der Waals surface area contributed by atoms with Crippen LogP contribution in [-0.4, -0.2) is 13.0 Å². The maximum absolute atomic E-state index is 11.5. The van der Waals surface area contributed by atoms with Gasteiger partial charge < -0.3 is 0 Å². The number of rotatable bonds is 7. The number of ether oxygens (including phenoxy) is 1. The summed E-state index contributed by atoms with van der Waals surface area (Å²) in [4.78, 5) is 0.0291. The van der Waals surface area contributed by atoms with E-state index in [2.05, 4.69) is 20.6 Å². The van der Waals surface area contributed by atoms with Gasteiger partial charge in [-0.1, -0.05) is 0 Å². The molecule has 0 saturated carbocycles. The Morgan fingerprint density at radius 2 is 1.67 bits per heavy atom. The van der Waals surface area contributed by atoms with Gasteiger partial charge in [0, 0.05) is 0 Å². The van der Waals surface area contributed by atoms with Crippen LogP contribution in [0.3, 0.4) is 0 Å². The molecule has 5 nitrogen and oxygen atoms in total. The van der Waals surface area contributed by atoms with Crippen molar-refractivity contribution >= 4 is 20.3 Å². The van der Waals surface area contributed by atoms with Gasteiger partial charge in [-0.15, -0.1) is 0 Å². The number of hydrogen-bond acceptors (Lipinski definition) is 4. The normalized spacial score (nSPS) is 11.0. The Morgan fingerprint density at radius 3 is 2.41 bits per heavy atom. The number of primary sulfonamides is 1. The first kappa shape index (κ1) is 19.3. The van der Waals surface area contributed by atoms with Crippen molar-refractivity contribution in [2.24, 2.45) is 5.14 Å². The van der Waals surface area contributed by atoms with Crippen molar-refractivity contribution in [2.75, 3.05) is 5.32 Å². The predicted molar refractivity (Wildman–Crippen MR) is 103 cm³/mol. The van der Waals surface area contributed by atoms with Crippen LogP contribution < -0.4 is 15.2 Å². The van der Waals surface area contributed by atoms with Gasteiger partial charge in [-0.05, 0) is 0 Å². The van der Waals surface area contributed by atoms with Crippen LogP contribution in [0.1, 0.15) is 11.1 Å². The molecule has 3 aromatic rings. The van der Waals surface area contributed by atoms with Gasteiger partial charge in [0.15, 0.2) is 0 Å². The van der Waals surface area contributed by atoms with Crippen LogP contribution in [0.25, 0.3) is 0 Å². The summed E-state index contributed by atoms with van der Waals surface area (Å²) in [7, 11) is -3.77. The average Bonchev–Trinajstić information content (AvgIpc) is 2.67. The number of benzene rings is 3. The molecule has 141 valence electrons. The Morgan fingerprint density at radius 1 is 0.963 bits per heavy atom. The van der Waals surface area contributed by atoms with E-state index in [0.29, 0.717) is 22.6 Å². The summed E-state index contributed by atoms with van der Waals surface area (Å²) in [5, 5.41) is 8.27. The van der Waals surface area contributed by atoms with Crippen LogP contribution in [0, 0.1) is 0 Å². The molecule has 0 heterocycles. The number of sulfonamides is 1. The third-order valence-electron chi connectivity index (χ3n) is 3.76. The summed E-state index contributed by atoms with van der Waals surface area (Å²) >= 11 is 4.59. The van der Waals surface area contributed by atoms with Crippen LogP contribution in [-0.2, 0) is 31.9 Å². The zero-order valence-corrected chi connectivity index (χ0v) is 16.1. The molecule has 0 aliphatic carbocycles. The Hall–Kier alpha value is -2.45. The number of hydrogen-bond donors (Lipinski definition) is 2. The minimum atomic E-state index is -3.77. The SMILES string of the molecule is NS(=O)(=O)c1cccc(N[C](=[Co])c2ccccc2OCc2ccccc2)c1. The molecule has 3 rings (SSSR count). The monoisotopic (exact) mass is 425 g/mol. The van der Waals surface area contributed by atoms with Crippen molar-refractivity contribution in [1.82, 2.24) is 0 Å². The summed E-state index contributed by atoms with van der Waals surface area (Å²) in [5.41, 5.74) is 2.37. The molecule has 0 amide bonds. The van der Waals surface area contributed by atoms with Crippen LogP contribution in [0.4, 0.5) is 5.69 Å². The summed E-state index contributed by atoms with van der Waals surface area (Å²) in [6.45, 7) is 0.430. The topological polar surface area (TPSA) is 81.4 Å². The first-order valence-electron chi connectivity index (χ1n) is 8.10. The predicted octanol–water partition coefficient (Wildman–Crippen LogP) is 3.05. The molecule has 0 radical (unpaired) electrons. The van der Waals surface area contributed by atoms with Crippen molar-refractivity contribution in [3.63, 3.8) is 0 Å². The fourth-order valence-corrected chi connectivity index (χ4v) is 3.36. The zero-order valence-electron chi connectivity index (χ0n) is 14.3. The molecule has 0 unspecified atom stereocenters. The standard InChI is InChI=1S/C20H18N2O3S.Co/c21-26(23,24)19-11-6-10-18(13-19)22-14-17-9-4-5-12-20(17)25-15-16-7-2-1-3-8-16;/h1-13,22H,15H2,(H2,21,23,24);. The molecule has 0 atom stereocenters. The van der Waals surface area contributed by atoms with Gasteiger partial charge in [-0.3, -0.25) is 0 Å². The van der Waals surface area contributed by atoms with E-state index in [1.54, 1.807) is 12.1 Å². The quantitative estimate of drug-likeness (QED) is 0.610. The minimum absolute atomic E-state index is 0.0291. The van der Waals surface area contributed by atoms with Crippen molar-refractivity contribution in [2.45, 2.75) is 11.5 Å². The average molecular weight is 425 g/mol. The molecule has 0 aliphatic rings. The van der Waals surface area contributed by atoms with Crippen LogP contribution >= 0.6 is 0 Å². The van der Waals surface area contributed by atoms with Gasteiger partial charge >= 0.3 is 166 Å². The third kappa shape index (κ3) is 5.27. The summed E-state index contributed by atoms with van der Waals surface area (Å²) in [5.74, 6) is 0.666. The first-order chi connectivity index (χ1) is 12.9. The molecule has 0 bridgehead atoms. The van der Waals surface area contributed by atoms with Gasteiger partial charge in [-0.2, -0.15) is 0 Å². The molecule has 0 saturated heterocycles. The third-order valence-corrected chi connectivity index (χ3v) is 5.08. The zero-order chi connectivity index (χ0) is 19.3. The van der Waals surface area contributed by atoms with Crippen LogP contribution in [0.15, 0.2) is 83.8 Å². The molecular weight excluding hydrogens is 407 g/mol.